The van der Waals surface area contributed by atoms with Gasteiger partial charge in [0.1, 0.15) is 0 Å². The number of alkyl halides is 2. The van der Waals surface area contributed by atoms with Crippen molar-refractivity contribution in [3.8, 4) is 0 Å². The molecular formula is C18H20F2O2. The van der Waals surface area contributed by atoms with Crippen LogP contribution in [0.1, 0.15) is 37.7 Å². The molecule has 0 amide bonds. The molecule has 22 heavy (non-hydrogen) atoms. The third-order valence-corrected chi connectivity index (χ3v) is 6.51. The predicted molar refractivity (Wildman–Crippen MR) is 77.7 cm³/mol. The van der Waals surface area contributed by atoms with E-state index in [9.17, 15) is 18.7 Å². The van der Waals surface area contributed by atoms with Crippen molar-refractivity contribution in [2.75, 3.05) is 0 Å². The first-order chi connectivity index (χ1) is 10.5. The molecule has 5 rings (SSSR count). The molecule has 0 saturated heterocycles. The number of carbonyl (C=O) groups is 1. The molecule has 0 aromatic heterocycles. The first-order valence-electron chi connectivity index (χ1n) is 8.03. The lowest BCUT2D eigenvalue weighted by molar-refractivity contribution is -0.185. The van der Waals surface area contributed by atoms with Crippen LogP contribution in [0.2, 0.25) is 0 Å². The van der Waals surface area contributed by atoms with Crippen molar-refractivity contribution in [3.63, 3.8) is 0 Å². The van der Waals surface area contributed by atoms with Gasteiger partial charge in [0.05, 0.1) is 5.41 Å². The summed E-state index contributed by atoms with van der Waals surface area (Å²) in [7, 11) is 0. The fourth-order valence-electron chi connectivity index (χ4n) is 5.98. The number of benzene rings is 1. The van der Waals surface area contributed by atoms with Gasteiger partial charge in [0.25, 0.3) is 0 Å². The summed E-state index contributed by atoms with van der Waals surface area (Å²) in [5, 5.41) is 9.78. The van der Waals surface area contributed by atoms with E-state index < -0.39 is 23.7 Å². The number of aliphatic carboxylic acids is 1. The van der Waals surface area contributed by atoms with E-state index >= 15 is 0 Å². The van der Waals surface area contributed by atoms with Crippen LogP contribution in [-0.4, -0.2) is 17.5 Å². The lowest BCUT2D eigenvalue weighted by Crippen LogP contribution is -2.61. The lowest BCUT2D eigenvalue weighted by Gasteiger charge is -2.63. The van der Waals surface area contributed by atoms with Gasteiger partial charge in [0.15, 0.2) is 0 Å². The summed E-state index contributed by atoms with van der Waals surface area (Å²) in [6.07, 6.45) is 0.594. The summed E-state index contributed by atoms with van der Waals surface area (Å²) in [5.41, 5.74) is 0.145. The number of hydrogen-bond donors (Lipinski definition) is 1. The van der Waals surface area contributed by atoms with Gasteiger partial charge in [-0.2, -0.15) is 0 Å². The van der Waals surface area contributed by atoms with Crippen molar-refractivity contribution in [2.45, 2.75) is 43.9 Å². The second-order valence-corrected chi connectivity index (χ2v) is 7.66. The van der Waals surface area contributed by atoms with Crippen LogP contribution in [0.3, 0.4) is 0 Å². The molecule has 2 atom stereocenters. The van der Waals surface area contributed by atoms with Crippen LogP contribution in [0.15, 0.2) is 30.3 Å². The van der Waals surface area contributed by atoms with Crippen molar-refractivity contribution in [2.24, 2.45) is 23.2 Å². The monoisotopic (exact) mass is 306 g/mol. The third-order valence-electron chi connectivity index (χ3n) is 6.51. The van der Waals surface area contributed by atoms with Gasteiger partial charge in [-0.1, -0.05) is 30.3 Å². The van der Waals surface area contributed by atoms with E-state index in [2.05, 4.69) is 0 Å². The number of hydrogen-bond acceptors (Lipinski definition) is 1. The SMILES string of the molecule is O=C(O)C12CC3CC(c4ccccc4)(CC(C1)C3C(F)F)C2. The molecule has 4 aliphatic carbocycles. The molecule has 4 bridgehead atoms. The minimum absolute atomic E-state index is 0.155. The Morgan fingerprint density at radius 2 is 1.68 bits per heavy atom. The second kappa shape index (κ2) is 4.53. The van der Waals surface area contributed by atoms with Crippen molar-refractivity contribution in [1.82, 2.24) is 0 Å². The molecule has 1 aromatic rings. The molecule has 4 saturated carbocycles. The van der Waals surface area contributed by atoms with Crippen LogP contribution in [0.5, 0.6) is 0 Å². The first kappa shape index (κ1) is 14.2. The second-order valence-electron chi connectivity index (χ2n) is 7.66. The predicted octanol–water partition coefficient (Wildman–Crippen LogP) is 4.10. The van der Waals surface area contributed by atoms with Crippen molar-refractivity contribution >= 4 is 5.97 Å². The van der Waals surface area contributed by atoms with Gasteiger partial charge >= 0.3 is 5.97 Å². The molecule has 4 fully saturated rings. The van der Waals surface area contributed by atoms with Crippen molar-refractivity contribution < 1.29 is 18.7 Å². The molecule has 0 heterocycles. The first-order valence-corrected chi connectivity index (χ1v) is 8.03. The minimum Gasteiger partial charge on any atom is -0.481 e. The van der Waals surface area contributed by atoms with E-state index in [0.29, 0.717) is 19.3 Å². The molecule has 118 valence electrons. The van der Waals surface area contributed by atoms with Gasteiger partial charge in [0.2, 0.25) is 6.43 Å². The Balaban J connectivity index is 1.79. The Morgan fingerprint density at radius 1 is 1.09 bits per heavy atom. The van der Waals surface area contributed by atoms with Gasteiger partial charge in [-0.15, -0.1) is 0 Å². The van der Waals surface area contributed by atoms with E-state index in [0.717, 1.165) is 18.4 Å². The van der Waals surface area contributed by atoms with Gasteiger partial charge in [0, 0.05) is 5.92 Å². The normalized spacial score (nSPS) is 42.8. The Kier molecular flexibility index (Phi) is 2.91. The highest BCUT2D eigenvalue weighted by molar-refractivity contribution is 5.76. The van der Waals surface area contributed by atoms with Gasteiger partial charge < -0.3 is 5.11 Å². The van der Waals surface area contributed by atoms with Gasteiger partial charge in [-0.25, -0.2) is 8.78 Å². The summed E-state index contributed by atoms with van der Waals surface area (Å²) in [5.74, 6) is -1.70. The summed E-state index contributed by atoms with van der Waals surface area (Å²) in [6, 6.07) is 9.96. The standard InChI is InChI=1S/C18H20F2O2/c19-15(20)14-11-6-17(13-4-2-1-3-5-13)7-12(14)9-18(8-11,10-17)16(21)22/h1-5,11-12,14-15H,6-10H2,(H,21,22). The fourth-order valence-corrected chi connectivity index (χ4v) is 5.98. The van der Waals surface area contributed by atoms with Crippen LogP contribution in [-0.2, 0) is 10.2 Å². The topological polar surface area (TPSA) is 37.3 Å². The molecule has 0 aliphatic heterocycles. The maximum absolute atomic E-state index is 13.5. The summed E-state index contributed by atoms with van der Waals surface area (Å²) in [6.45, 7) is 0. The van der Waals surface area contributed by atoms with Crippen LogP contribution in [0.4, 0.5) is 8.78 Å². The van der Waals surface area contributed by atoms with E-state index in [-0.39, 0.29) is 17.3 Å². The average molecular weight is 306 g/mol. The third kappa shape index (κ3) is 1.79. The van der Waals surface area contributed by atoms with Crippen LogP contribution >= 0.6 is 0 Å². The molecule has 0 radical (unpaired) electrons. The highest BCUT2D eigenvalue weighted by atomic mass is 19.3. The van der Waals surface area contributed by atoms with Crippen LogP contribution in [0.25, 0.3) is 0 Å². The van der Waals surface area contributed by atoms with E-state index in [1.807, 2.05) is 30.3 Å². The summed E-state index contributed by atoms with van der Waals surface area (Å²) >= 11 is 0. The van der Waals surface area contributed by atoms with E-state index in [1.54, 1.807) is 0 Å². The van der Waals surface area contributed by atoms with Crippen molar-refractivity contribution in [3.05, 3.63) is 35.9 Å². The zero-order valence-electron chi connectivity index (χ0n) is 12.3. The molecule has 2 nitrogen and oxygen atoms in total. The number of carboxylic acid groups (broad SMARTS) is 1. The minimum atomic E-state index is -2.33. The maximum Gasteiger partial charge on any atom is 0.309 e. The molecule has 2 unspecified atom stereocenters. The van der Waals surface area contributed by atoms with Crippen LogP contribution in [0, 0.1) is 23.2 Å². The molecular weight excluding hydrogens is 286 g/mol. The number of rotatable bonds is 3. The molecule has 4 aliphatic rings. The van der Waals surface area contributed by atoms with Gasteiger partial charge in [-0.3, -0.25) is 4.79 Å². The highest BCUT2D eigenvalue weighted by Crippen LogP contribution is 2.68. The number of carboxylic acids is 1. The fraction of sp³-hybridized carbons (Fsp3) is 0.611. The summed E-state index contributed by atoms with van der Waals surface area (Å²) < 4.78 is 27.0. The number of halogens is 2. The zero-order chi connectivity index (χ0) is 15.5. The van der Waals surface area contributed by atoms with E-state index in [4.69, 9.17) is 0 Å². The Labute approximate surface area is 128 Å². The molecule has 4 heteroatoms. The van der Waals surface area contributed by atoms with E-state index in [1.165, 1.54) is 0 Å². The molecule has 1 N–H and O–H groups in total. The van der Waals surface area contributed by atoms with Gasteiger partial charge in [-0.05, 0) is 54.9 Å². The lowest BCUT2D eigenvalue weighted by atomic mass is 9.40. The van der Waals surface area contributed by atoms with Crippen molar-refractivity contribution in [1.29, 1.82) is 0 Å². The smallest absolute Gasteiger partial charge is 0.309 e. The largest absolute Gasteiger partial charge is 0.481 e. The quantitative estimate of drug-likeness (QED) is 0.913. The highest BCUT2D eigenvalue weighted by Gasteiger charge is 2.65. The average Bonchev–Trinajstić information content (AvgIpc) is 2.46. The zero-order valence-corrected chi connectivity index (χ0v) is 12.3. The molecule has 0 spiro atoms. The Morgan fingerprint density at radius 3 is 2.18 bits per heavy atom. The molecule has 1 aromatic carbocycles. The Hall–Kier alpha value is -1.45. The Bertz CT molecular complexity index is 582. The maximum atomic E-state index is 13.5. The summed E-state index contributed by atoms with van der Waals surface area (Å²) in [4.78, 5) is 11.9. The van der Waals surface area contributed by atoms with Crippen LogP contribution < -0.4 is 0 Å².